The van der Waals surface area contributed by atoms with Crippen LogP contribution in [0.5, 0.6) is 0 Å². The van der Waals surface area contributed by atoms with E-state index in [0.717, 1.165) is 18.7 Å². The van der Waals surface area contributed by atoms with Gasteiger partial charge in [0.25, 0.3) is 0 Å². The van der Waals surface area contributed by atoms with E-state index in [1.54, 1.807) is 12.1 Å². The summed E-state index contributed by atoms with van der Waals surface area (Å²) in [5, 5.41) is 33.6. The number of hydrogen-bond acceptors (Lipinski definition) is 5. The highest BCUT2D eigenvalue weighted by Gasteiger charge is 2.31. The second-order valence-electron chi connectivity index (χ2n) is 5.43. The van der Waals surface area contributed by atoms with Gasteiger partial charge in [-0.15, -0.1) is 0 Å². The molecular formula is C15H23NO3S. The van der Waals surface area contributed by atoms with Gasteiger partial charge in [0.2, 0.25) is 0 Å². The maximum atomic E-state index is 10.6. The molecule has 1 aliphatic rings. The van der Waals surface area contributed by atoms with Gasteiger partial charge in [0.05, 0.1) is 11.7 Å². The lowest BCUT2D eigenvalue weighted by atomic mass is 9.84. The molecule has 0 bridgehead atoms. The van der Waals surface area contributed by atoms with Crippen molar-refractivity contribution in [3.8, 4) is 0 Å². The van der Waals surface area contributed by atoms with Crippen LogP contribution >= 0.6 is 12.6 Å². The van der Waals surface area contributed by atoms with Crippen LogP contribution in [0.1, 0.15) is 36.5 Å². The van der Waals surface area contributed by atoms with Crippen molar-refractivity contribution >= 4 is 12.6 Å². The highest BCUT2D eigenvalue weighted by atomic mass is 32.1. The zero-order valence-corrected chi connectivity index (χ0v) is 12.4. The van der Waals surface area contributed by atoms with Gasteiger partial charge in [-0.1, -0.05) is 24.3 Å². The molecule has 2 atom stereocenters. The van der Waals surface area contributed by atoms with Crippen LogP contribution in [-0.4, -0.2) is 40.3 Å². The molecule has 1 aromatic rings. The van der Waals surface area contributed by atoms with E-state index >= 15 is 0 Å². The molecule has 2 unspecified atom stereocenters. The van der Waals surface area contributed by atoms with Gasteiger partial charge in [-0.05, 0) is 49.2 Å². The number of nitrogens with one attached hydrogen (secondary N) is 1. The average Bonchev–Trinajstić information content (AvgIpc) is 2.48. The molecule has 0 spiro atoms. The molecule has 1 aromatic carbocycles. The Morgan fingerprint density at radius 3 is 2.30 bits per heavy atom. The molecular weight excluding hydrogens is 274 g/mol. The van der Waals surface area contributed by atoms with Gasteiger partial charge < -0.3 is 20.6 Å². The fourth-order valence-electron chi connectivity index (χ4n) is 2.63. The van der Waals surface area contributed by atoms with Gasteiger partial charge in [-0.3, -0.25) is 0 Å². The number of piperidine rings is 1. The lowest BCUT2D eigenvalue weighted by Gasteiger charge is -2.33. The van der Waals surface area contributed by atoms with Crippen molar-refractivity contribution in [1.82, 2.24) is 5.32 Å². The van der Waals surface area contributed by atoms with E-state index in [9.17, 15) is 15.3 Å². The molecule has 4 N–H and O–H groups in total. The number of thiol groups is 1. The predicted octanol–water partition coefficient (Wildman–Crippen LogP) is 0.972. The number of rotatable bonds is 5. The zero-order valence-electron chi connectivity index (χ0n) is 11.5. The predicted molar refractivity (Wildman–Crippen MR) is 81.9 cm³/mol. The Kier molecular flexibility index (Phi) is 5.46. The third-order valence-corrected chi connectivity index (χ3v) is 4.27. The van der Waals surface area contributed by atoms with Crippen LogP contribution in [0.25, 0.3) is 0 Å². The van der Waals surface area contributed by atoms with Crippen LogP contribution in [0.15, 0.2) is 24.3 Å². The second kappa shape index (κ2) is 6.91. The van der Waals surface area contributed by atoms with Crippen LogP contribution in [0.2, 0.25) is 0 Å². The monoisotopic (exact) mass is 297 g/mol. The molecule has 5 heteroatoms. The maximum absolute atomic E-state index is 10.6. The molecule has 1 heterocycles. The summed E-state index contributed by atoms with van der Waals surface area (Å²) in [5.74, 6) is 0.531. The molecule has 2 rings (SSSR count). The topological polar surface area (TPSA) is 72.7 Å². The first kappa shape index (κ1) is 15.8. The highest BCUT2D eigenvalue weighted by molar-refractivity contribution is 7.80. The van der Waals surface area contributed by atoms with Crippen LogP contribution in [0.4, 0.5) is 0 Å². The van der Waals surface area contributed by atoms with Crippen LogP contribution in [0, 0.1) is 0 Å². The summed E-state index contributed by atoms with van der Waals surface area (Å²) >= 11 is 4.05. The minimum atomic E-state index is -0.904. The Morgan fingerprint density at radius 2 is 1.75 bits per heavy atom. The number of aliphatic hydroxyl groups excluding tert-OH is 2. The molecule has 112 valence electrons. The van der Waals surface area contributed by atoms with Gasteiger partial charge in [-0.2, -0.15) is 12.6 Å². The van der Waals surface area contributed by atoms with Crippen molar-refractivity contribution in [2.45, 2.75) is 37.1 Å². The van der Waals surface area contributed by atoms with E-state index in [2.05, 4.69) is 17.9 Å². The van der Waals surface area contributed by atoms with E-state index in [1.165, 1.54) is 0 Å². The third kappa shape index (κ3) is 3.54. The summed E-state index contributed by atoms with van der Waals surface area (Å²) < 4.78 is 0. The quantitative estimate of drug-likeness (QED) is 0.525. The molecule has 0 saturated carbocycles. The lowest BCUT2D eigenvalue weighted by Crippen LogP contribution is -2.39. The SMILES string of the molecule is OC(CCS)C(O)c1ccc(C2(O)CCNCC2)cc1. The largest absolute Gasteiger partial charge is 0.390 e. The molecule has 0 aliphatic carbocycles. The van der Waals surface area contributed by atoms with Crippen molar-refractivity contribution in [3.05, 3.63) is 35.4 Å². The van der Waals surface area contributed by atoms with Gasteiger partial charge in [-0.25, -0.2) is 0 Å². The van der Waals surface area contributed by atoms with Gasteiger partial charge >= 0.3 is 0 Å². The zero-order chi connectivity index (χ0) is 14.6. The van der Waals surface area contributed by atoms with Crippen molar-refractivity contribution < 1.29 is 15.3 Å². The molecule has 1 saturated heterocycles. The normalized spacial score (nSPS) is 21.4. The van der Waals surface area contributed by atoms with Gasteiger partial charge in [0, 0.05) is 0 Å². The lowest BCUT2D eigenvalue weighted by molar-refractivity contribution is 0.00540. The van der Waals surface area contributed by atoms with E-state index in [4.69, 9.17) is 0 Å². The molecule has 20 heavy (non-hydrogen) atoms. The number of benzene rings is 1. The Balaban J connectivity index is 2.09. The van der Waals surface area contributed by atoms with Crippen LogP contribution in [0.3, 0.4) is 0 Å². The summed E-state index contributed by atoms with van der Waals surface area (Å²) in [6.45, 7) is 1.61. The summed E-state index contributed by atoms with van der Waals surface area (Å²) in [6.07, 6.45) is 0.120. The van der Waals surface area contributed by atoms with Gasteiger partial charge in [0.15, 0.2) is 0 Å². The smallest absolute Gasteiger partial charge is 0.105 e. The minimum Gasteiger partial charge on any atom is -0.390 e. The number of hydrogen-bond donors (Lipinski definition) is 5. The first-order chi connectivity index (χ1) is 9.57. The highest BCUT2D eigenvalue weighted by Crippen LogP contribution is 2.31. The molecule has 0 amide bonds. The summed E-state index contributed by atoms with van der Waals surface area (Å²) in [7, 11) is 0. The van der Waals surface area contributed by atoms with E-state index in [0.29, 0.717) is 30.6 Å². The average molecular weight is 297 g/mol. The first-order valence-corrected chi connectivity index (χ1v) is 7.70. The Morgan fingerprint density at radius 1 is 1.15 bits per heavy atom. The van der Waals surface area contributed by atoms with E-state index in [1.807, 2.05) is 12.1 Å². The molecule has 0 aromatic heterocycles. The first-order valence-electron chi connectivity index (χ1n) is 7.07. The van der Waals surface area contributed by atoms with Gasteiger partial charge in [0.1, 0.15) is 6.10 Å². The van der Waals surface area contributed by atoms with Crippen molar-refractivity contribution in [3.63, 3.8) is 0 Å². The molecule has 4 nitrogen and oxygen atoms in total. The Bertz CT molecular complexity index is 418. The van der Waals surface area contributed by atoms with Crippen LogP contribution < -0.4 is 5.32 Å². The standard InChI is InChI=1S/C15H23NO3S/c17-13(5-10-20)14(18)11-1-3-12(4-2-11)15(19)6-8-16-9-7-15/h1-4,13-14,16-20H,5-10H2. The summed E-state index contributed by atoms with van der Waals surface area (Å²) in [4.78, 5) is 0. The fourth-order valence-corrected chi connectivity index (χ4v) is 2.90. The van der Waals surface area contributed by atoms with Crippen molar-refractivity contribution in [1.29, 1.82) is 0 Å². The van der Waals surface area contributed by atoms with E-state index < -0.39 is 17.8 Å². The molecule has 1 fully saturated rings. The summed E-state index contributed by atoms with van der Waals surface area (Å²) in [6, 6.07) is 7.25. The third-order valence-electron chi connectivity index (χ3n) is 4.01. The Hall–Kier alpha value is -0.590. The summed E-state index contributed by atoms with van der Waals surface area (Å²) in [5.41, 5.74) is 0.762. The second-order valence-corrected chi connectivity index (χ2v) is 5.88. The fraction of sp³-hybridized carbons (Fsp3) is 0.600. The van der Waals surface area contributed by atoms with Crippen molar-refractivity contribution in [2.24, 2.45) is 0 Å². The van der Waals surface area contributed by atoms with Crippen LogP contribution in [-0.2, 0) is 5.60 Å². The molecule has 1 aliphatic heterocycles. The Labute approximate surface area is 125 Å². The molecule has 0 radical (unpaired) electrons. The minimum absolute atomic E-state index is 0.446. The van der Waals surface area contributed by atoms with E-state index in [-0.39, 0.29) is 0 Å². The number of aliphatic hydroxyl groups is 3. The maximum Gasteiger partial charge on any atom is 0.105 e. The van der Waals surface area contributed by atoms with Crippen molar-refractivity contribution in [2.75, 3.05) is 18.8 Å².